The first-order valence-electron chi connectivity index (χ1n) is 8.34. The molecule has 3 rings (SSSR count). The van der Waals surface area contributed by atoms with Crippen LogP contribution in [0.4, 0.5) is 0 Å². The molecule has 0 aliphatic heterocycles. The lowest BCUT2D eigenvalue weighted by molar-refractivity contribution is -0.125. The third-order valence-electron chi connectivity index (χ3n) is 4.56. The molecule has 1 aliphatic rings. The van der Waals surface area contributed by atoms with Crippen molar-refractivity contribution in [3.63, 3.8) is 0 Å². The minimum atomic E-state index is 0.0409. The Labute approximate surface area is 136 Å². The minimum absolute atomic E-state index is 0.0409. The van der Waals surface area contributed by atoms with Crippen LogP contribution in [0.1, 0.15) is 44.9 Å². The van der Waals surface area contributed by atoms with Crippen LogP contribution in [0.25, 0.3) is 5.69 Å². The van der Waals surface area contributed by atoms with E-state index in [4.69, 9.17) is 0 Å². The standard InChI is InChI=1S/C17H23N5O/c1-13(11-14-7-5-6-8-14)17(23)18-12-16-19-20-21-22(16)15-9-3-2-4-10-15/h2-4,9-10,13-14H,5-8,11-12H2,1H3,(H,18,23)/t13-/m0/s1. The molecular formula is C17H23N5O. The van der Waals surface area contributed by atoms with E-state index in [1.807, 2.05) is 37.3 Å². The quantitative estimate of drug-likeness (QED) is 0.889. The summed E-state index contributed by atoms with van der Waals surface area (Å²) in [5.74, 6) is 1.47. The zero-order valence-corrected chi connectivity index (χ0v) is 13.5. The first-order chi connectivity index (χ1) is 11.2. The van der Waals surface area contributed by atoms with E-state index >= 15 is 0 Å². The number of para-hydroxylation sites is 1. The number of aromatic nitrogens is 4. The number of benzene rings is 1. The second-order valence-corrected chi connectivity index (χ2v) is 6.35. The van der Waals surface area contributed by atoms with Crippen LogP contribution >= 0.6 is 0 Å². The van der Waals surface area contributed by atoms with Gasteiger partial charge in [-0.15, -0.1) is 5.10 Å². The number of hydrogen-bond donors (Lipinski definition) is 1. The minimum Gasteiger partial charge on any atom is -0.348 e. The van der Waals surface area contributed by atoms with Gasteiger partial charge in [0, 0.05) is 5.92 Å². The average Bonchev–Trinajstić information content (AvgIpc) is 3.24. The van der Waals surface area contributed by atoms with Crippen molar-refractivity contribution < 1.29 is 4.79 Å². The van der Waals surface area contributed by atoms with E-state index in [1.165, 1.54) is 25.7 Å². The van der Waals surface area contributed by atoms with Crippen molar-refractivity contribution in [1.82, 2.24) is 25.5 Å². The van der Waals surface area contributed by atoms with Crippen molar-refractivity contribution in [3.05, 3.63) is 36.2 Å². The Kier molecular flexibility index (Phi) is 5.00. The number of carbonyl (C=O) groups excluding carboxylic acids is 1. The van der Waals surface area contributed by atoms with Crippen LogP contribution in [-0.4, -0.2) is 26.1 Å². The Morgan fingerprint density at radius 3 is 2.78 bits per heavy atom. The van der Waals surface area contributed by atoms with Gasteiger partial charge in [-0.2, -0.15) is 4.68 Å². The molecule has 1 saturated carbocycles. The zero-order chi connectivity index (χ0) is 16.1. The third-order valence-corrected chi connectivity index (χ3v) is 4.56. The number of nitrogens with zero attached hydrogens (tertiary/aromatic N) is 4. The van der Waals surface area contributed by atoms with Crippen molar-refractivity contribution >= 4 is 5.91 Å². The van der Waals surface area contributed by atoms with E-state index in [9.17, 15) is 4.79 Å². The molecule has 23 heavy (non-hydrogen) atoms. The Balaban J connectivity index is 1.56. The summed E-state index contributed by atoms with van der Waals surface area (Å²) in [4.78, 5) is 12.3. The SMILES string of the molecule is C[C@@H](CC1CCCC1)C(=O)NCc1nnnn1-c1ccccc1. The number of hydrogen-bond acceptors (Lipinski definition) is 4. The second kappa shape index (κ2) is 7.35. The van der Waals surface area contributed by atoms with E-state index < -0.39 is 0 Å². The van der Waals surface area contributed by atoms with Crippen LogP contribution in [0.5, 0.6) is 0 Å². The van der Waals surface area contributed by atoms with Gasteiger partial charge in [-0.25, -0.2) is 0 Å². The Hall–Kier alpha value is -2.24. The highest BCUT2D eigenvalue weighted by Crippen LogP contribution is 2.30. The molecule has 0 saturated heterocycles. The number of carbonyl (C=O) groups is 1. The summed E-state index contributed by atoms with van der Waals surface area (Å²) in [6.45, 7) is 2.35. The predicted octanol–water partition coefficient (Wildman–Crippen LogP) is 2.49. The molecule has 2 aromatic rings. The maximum Gasteiger partial charge on any atom is 0.223 e. The van der Waals surface area contributed by atoms with Crippen LogP contribution in [0.2, 0.25) is 0 Å². The van der Waals surface area contributed by atoms with Gasteiger partial charge in [0.15, 0.2) is 5.82 Å². The summed E-state index contributed by atoms with van der Waals surface area (Å²) in [6, 6.07) is 9.68. The molecule has 1 aliphatic carbocycles. The van der Waals surface area contributed by atoms with E-state index in [-0.39, 0.29) is 11.8 Å². The second-order valence-electron chi connectivity index (χ2n) is 6.35. The molecule has 1 aromatic carbocycles. The van der Waals surface area contributed by atoms with Gasteiger partial charge >= 0.3 is 0 Å². The lowest BCUT2D eigenvalue weighted by atomic mass is 9.94. The van der Waals surface area contributed by atoms with Gasteiger partial charge in [0.1, 0.15) is 0 Å². The Morgan fingerprint density at radius 2 is 2.04 bits per heavy atom. The number of nitrogens with one attached hydrogen (secondary N) is 1. The number of rotatable bonds is 6. The monoisotopic (exact) mass is 313 g/mol. The zero-order valence-electron chi connectivity index (χ0n) is 13.5. The van der Waals surface area contributed by atoms with E-state index in [0.29, 0.717) is 18.3 Å². The van der Waals surface area contributed by atoms with Crippen LogP contribution in [0.15, 0.2) is 30.3 Å². The van der Waals surface area contributed by atoms with Crippen molar-refractivity contribution in [3.8, 4) is 5.69 Å². The van der Waals surface area contributed by atoms with Crippen LogP contribution in [0.3, 0.4) is 0 Å². The highest BCUT2D eigenvalue weighted by molar-refractivity contribution is 5.78. The van der Waals surface area contributed by atoms with Crippen LogP contribution in [0, 0.1) is 11.8 Å². The highest BCUT2D eigenvalue weighted by atomic mass is 16.1. The van der Waals surface area contributed by atoms with E-state index in [0.717, 1.165) is 12.1 Å². The maximum atomic E-state index is 12.3. The van der Waals surface area contributed by atoms with E-state index in [2.05, 4.69) is 20.8 Å². The van der Waals surface area contributed by atoms with Gasteiger partial charge in [-0.05, 0) is 34.9 Å². The molecule has 1 fully saturated rings. The van der Waals surface area contributed by atoms with Crippen molar-refractivity contribution in [1.29, 1.82) is 0 Å². The lowest BCUT2D eigenvalue weighted by Gasteiger charge is -2.16. The number of tetrazole rings is 1. The summed E-state index contributed by atoms with van der Waals surface area (Å²) in [6.07, 6.45) is 6.14. The molecule has 1 aromatic heterocycles. The van der Waals surface area contributed by atoms with Gasteiger partial charge in [0.05, 0.1) is 12.2 Å². The molecular weight excluding hydrogens is 290 g/mol. The molecule has 6 nitrogen and oxygen atoms in total. The summed E-state index contributed by atoms with van der Waals surface area (Å²) in [5.41, 5.74) is 0.890. The molecule has 0 unspecified atom stereocenters. The molecule has 0 radical (unpaired) electrons. The fourth-order valence-electron chi connectivity index (χ4n) is 3.28. The normalized spacial score (nSPS) is 16.4. The van der Waals surface area contributed by atoms with Gasteiger partial charge < -0.3 is 5.32 Å². The van der Waals surface area contributed by atoms with Gasteiger partial charge in [0.25, 0.3) is 0 Å². The molecule has 0 bridgehead atoms. The molecule has 6 heteroatoms. The molecule has 0 spiro atoms. The van der Waals surface area contributed by atoms with Crippen molar-refractivity contribution in [2.24, 2.45) is 11.8 Å². The molecule has 1 amide bonds. The van der Waals surface area contributed by atoms with E-state index in [1.54, 1.807) is 4.68 Å². The van der Waals surface area contributed by atoms with Crippen molar-refractivity contribution in [2.75, 3.05) is 0 Å². The van der Waals surface area contributed by atoms with Crippen molar-refractivity contribution in [2.45, 2.75) is 45.6 Å². The molecule has 1 heterocycles. The fourth-order valence-corrected chi connectivity index (χ4v) is 3.28. The van der Waals surface area contributed by atoms with Crippen LogP contribution < -0.4 is 5.32 Å². The largest absolute Gasteiger partial charge is 0.348 e. The topological polar surface area (TPSA) is 72.7 Å². The molecule has 1 N–H and O–H groups in total. The van der Waals surface area contributed by atoms with Gasteiger partial charge in [-0.1, -0.05) is 50.8 Å². The lowest BCUT2D eigenvalue weighted by Crippen LogP contribution is -2.30. The maximum absolute atomic E-state index is 12.3. The third kappa shape index (κ3) is 3.94. The summed E-state index contributed by atoms with van der Waals surface area (Å²) in [5, 5.41) is 14.7. The summed E-state index contributed by atoms with van der Waals surface area (Å²) >= 11 is 0. The van der Waals surface area contributed by atoms with Crippen LogP contribution in [-0.2, 0) is 11.3 Å². The fraction of sp³-hybridized carbons (Fsp3) is 0.529. The summed E-state index contributed by atoms with van der Waals surface area (Å²) < 4.78 is 1.65. The number of amides is 1. The molecule has 1 atom stereocenters. The predicted molar refractivity (Wildman–Crippen MR) is 86.7 cm³/mol. The molecule has 122 valence electrons. The first kappa shape index (κ1) is 15.6. The highest BCUT2D eigenvalue weighted by Gasteiger charge is 2.22. The Morgan fingerprint density at radius 1 is 1.30 bits per heavy atom. The average molecular weight is 313 g/mol. The van der Waals surface area contributed by atoms with Gasteiger partial charge in [-0.3, -0.25) is 4.79 Å². The summed E-state index contributed by atoms with van der Waals surface area (Å²) in [7, 11) is 0. The first-order valence-corrected chi connectivity index (χ1v) is 8.34. The Bertz CT molecular complexity index is 633. The van der Waals surface area contributed by atoms with Gasteiger partial charge in [0.2, 0.25) is 5.91 Å². The smallest absolute Gasteiger partial charge is 0.223 e.